The van der Waals surface area contributed by atoms with Crippen LogP contribution in [0.1, 0.15) is 0 Å². The molecule has 3 heterocycles. The van der Waals surface area contributed by atoms with Crippen molar-refractivity contribution < 1.29 is 18.5 Å². The summed E-state index contributed by atoms with van der Waals surface area (Å²) in [6, 6.07) is 17.5. The van der Waals surface area contributed by atoms with Crippen molar-refractivity contribution in [1.82, 2.24) is 24.6 Å². The number of methoxy groups -OCH3 is 1. The molecule has 2 aromatic carbocycles. The molecular weight excluding hydrogens is 461 g/mol. The summed E-state index contributed by atoms with van der Waals surface area (Å²) in [7, 11) is 3.51. The van der Waals surface area contributed by atoms with Gasteiger partial charge < -0.3 is 14.5 Å². The van der Waals surface area contributed by atoms with Gasteiger partial charge in [-0.25, -0.2) is 18.6 Å². The molecular formula is C26H27FN7O2+. The number of aromatic nitrogens is 5. The number of halogens is 1. The van der Waals surface area contributed by atoms with Gasteiger partial charge in [-0.05, 0) is 29.2 Å². The minimum atomic E-state index is -0.325. The summed E-state index contributed by atoms with van der Waals surface area (Å²) in [6.07, 6.45) is 1.72. The lowest BCUT2D eigenvalue weighted by molar-refractivity contribution is -0.679. The number of carbonyl (C=O) groups is 1. The molecule has 1 aliphatic heterocycles. The smallest absolute Gasteiger partial charge is 0.291 e. The van der Waals surface area contributed by atoms with Gasteiger partial charge >= 0.3 is 0 Å². The van der Waals surface area contributed by atoms with E-state index in [9.17, 15) is 9.18 Å². The van der Waals surface area contributed by atoms with Crippen LogP contribution in [0.2, 0.25) is 0 Å². The van der Waals surface area contributed by atoms with E-state index in [0.29, 0.717) is 43.4 Å². The number of hydrogen-bond donors (Lipinski definition) is 0. The Bertz CT molecular complexity index is 1350. The Kier molecular flexibility index (Phi) is 6.57. The van der Waals surface area contributed by atoms with Gasteiger partial charge in [0, 0.05) is 37.3 Å². The fraction of sp³-hybridized carbons (Fsp3) is 0.269. The van der Waals surface area contributed by atoms with Crippen molar-refractivity contribution in [3.8, 4) is 28.7 Å². The van der Waals surface area contributed by atoms with Crippen LogP contribution < -0.4 is 14.2 Å². The zero-order valence-electron chi connectivity index (χ0n) is 20.2. The van der Waals surface area contributed by atoms with E-state index >= 15 is 0 Å². The molecule has 184 valence electrons. The Labute approximate surface area is 208 Å². The second kappa shape index (κ2) is 10.1. The summed E-state index contributed by atoms with van der Waals surface area (Å²) in [6.45, 7) is 2.54. The summed E-state index contributed by atoms with van der Waals surface area (Å²) < 4.78 is 22.2. The Balaban J connectivity index is 1.32. The summed E-state index contributed by atoms with van der Waals surface area (Å²) in [4.78, 5) is 26.4. The SMILES string of the molecule is COc1cc(N2CCN(C(=O)Cn3nc(-c4ccc(F)cc4)nc3-c3ccccc3)CC2)nc[n+]1C. The van der Waals surface area contributed by atoms with E-state index in [1.54, 1.807) is 30.3 Å². The van der Waals surface area contributed by atoms with Gasteiger partial charge in [-0.15, -0.1) is 5.10 Å². The number of aryl methyl sites for hydroxylation is 1. The van der Waals surface area contributed by atoms with Crippen LogP contribution in [-0.4, -0.2) is 63.8 Å². The van der Waals surface area contributed by atoms with Crippen molar-refractivity contribution in [3.05, 3.63) is 72.8 Å². The first-order valence-corrected chi connectivity index (χ1v) is 11.7. The summed E-state index contributed by atoms with van der Waals surface area (Å²) >= 11 is 0. The van der Waals surface area contributed by atoms with Gasteiger partial charge in [0.05, 0.1) is 20.2 Å². The minimum absolute atomic E-state index is 0.0348. The number of piperazine rings is 1. The molecule has 1 amide bonds. The average molecular weight is 489 g/mol. The quantitative estimate of drug-likeness (QED) is 0.388. The Morgan fingerprint density at radius 1 is 1.03 bits per heavy atom. The maximum Gasteiger partial charge on any atom is 0.291 e. The van der Waals surface area contributed by atoms with Crippen molar-refractivity contribution in [3.63, 3.8) is 0 Å². The zero-order valence-corrected chi connectivity index (χ0v) is 20.2. The van der Waals surface area contributed by atoms with Crippen molar-refractivity contribution in [2.24, 2.45) is 7.05 Å². The van der Waals surface area contributed by atoms with Crippen LogP contribution in [0, 0.1) is 5.82 Å². The van der Waals surface area contributed by atoms with Gasteiger partial charge in [-0.2, -0.15) is 0 Å². The molecule has 1 fully saturated rings. The molecule has 36 heavy (non-hydrogen) atoms. The molecule has 10 heteroatoms. The largest absolute Gasteiger partial charge is 0.465 e. The van der Waals surface area contributed by atoms with Crippen molar-refractivity contribution in [2.75, 3.05) is 38.2 Å². The molecule has 9 nitrogen and oxygen atoms in total. The van der Waals surface area contributed by atoms with E-state index < -0.39 is 0 Å². The zero-order chi connectivity index (χ0) is 25.1. The lowest BCUT2D eigenvalue weighted by Crippen LogP contribution is -2.50. The lowest BCUT2D eigenvalue weighted by atomic mass is 10.2. The standard InChI is InChI=1S/C26H27FN7O2/c1-31-18-28-22(16-24(31)36-2)32-12-14-33(15-13-32)23(35)17-34-26(20-6-4-3-5-7-20)29-25(30-34)19-8-10-21(27)11-9-19/h3-11,16,18H,12-15,17H2,1-2H3/q+1. The Morgan fingerprint density at radius 2 is 1.75 bits per heavy atom. The topological polar surface area (TPSA) is 80.3 Å². The van der Waals surface area contributed by atoms with E-state index in [-0.39, 0.29) is 18.3 Å². The van der Waals surface area contributed by atoms with E-state index in [1.165, 1.54) is 12.1 Å². The van der Waals surface area contributed by atoms with Crippen molar-refractivity contribution in [1.29, 1.82) is 0 Å². The number of benzene rings is 2. The number of carbonyl (C=O) groups excluding carboxylic acids is 1. The fourth-order valence-corrected chi connectivity index (χ4v) is 4.22. The molecule has 0 unspecified atom stereocenters. The monoisotopic (exact) mass is 488 g/mol. The molecule has 1 saturated heterocycles. The van der Waals surface area contributed by atoms with E-state index in [1.807, 2.05) is 52.9 Å². The third-order valence-corrected chi connectivity index (χ3v) is 6.22. The highest BCUT2D eigenvalue weighted by Crippen LogP contribution is 2.23. The lowest BCUT2D eigenvalue weighted by Gasteiger charge is -2.34. The number of hydrogen-bond acceptors (Lipinski definition) is 6. The molecule has 0 aliphatic carbocycles. The third kappa shape index (κ3) is 4.88. The van der Waals surface area contributed by atoms with Crippen LogP contribution in [0.4, 0.5) is 10.2 Å². The van der Waals surface area contributed by atoms with E-state index in [2.05, 4.69) is 20.0 Å². The highest BCUT2D eigenvalue weighted by molar-refractivity contribution is 5.77. The Morgan fingerprint density at radius 3 is 2.44 bits per heavy atom. The van der Waals surface area contributed by atoms with Gasteiger partial charge in [0.25, 0.3) is 18.0 Å². The molecule has 0 spiro atoms. The predicted octanol–water partition coefficient (Wildman–Crippen LogP) is 2.33. The highest BCUT2D eigenvalue weighted by atomic mass is 19.1. The normalized spacial score (nSPS) is 13.6. The number of rotatable bonds is 6. The Hall–Kier alpha value is -4.34. The summed E-state index contributed by atoms with van der Waals surface area (Å²) in [5, 5.41) is 4.61. The van der Waals surface area contributed by atoms with Gasteiger partial charge in [0.15, 0.2) is 11.6 Å². The van der Waals surface area contributed by atoms with Gasteiger partial charge in [-0.3, -0.25) is 4.79 Å². The molecule has 4 aromatic rings. The first-order valence-electron chi connectivity index (χ1n) is 11.7. The van der Waals surface area contributed by atoms with Gasteiger partial charge in [-0.1, -0.05) is 30.3 Å². The predicted molar refractivity (Wildman–Crippen MR) is 132 cm³/mol. The molecule has 0 saturated carbocycles. The number of anilines is 1. The maximum atomic E-state index is 13.4. The van der Waals surface area contributed by atoms with Crippen LogP contribution in [0.15, 0.2) is 67.0 Å². The number of ether oxygens (including phenoxy) is 1. The van der Waals surface area contributed by atoms with Crippen molar-refractivity contribution in [2.45, 2.75) is 6.54 Å². The molecule has 2 aromatic heterocycles. The van der Waals surface area contributed by atoms with Crippen LogP contribution in [0.5, 0.6) is 5.88 Å². The maximum absolute atomic E-state index is 13.4. The van der Waals surface area contributed by atoms with Crippen molar-refractivity contribution >= 4 is 11.7 Å². The van der Waals surface area contributed by atoms with E-state index in [4.69, 9.17) is 4.74 Å². The van der Waals surface area contributed by atoms with E-state index in [0.717, 1.165) is 17.3 Å². The van der Waals surface area contributed by atoms with Crippen LogP contribution >= 0.6 is 0 Å². The minimum Gasteiger partial charge on any atom is -0.465 e. The summed E-state index contributed by atoms with van der Waals surface area (Å²) in [5.41, 5.74) is 1.54. The third-order valence-electron chi connectivity index (χ3n) is 6.22. The number of nitrogens with zero attached hydrogens (tertiary/aromatic N) is 7. The first-order chi connectivity index (χ1) is 17.5. The average Bonchev–Trinajstić information content (AvgIpc) is 3.33. The van der Waals surface area contributed by atoms with Crippen LogP contribution in [0.25, 0.3) is 22.8 Å². The molecule has 0 radical (unpaired) electrons. The number of amides is 1. The van der Waals surface area contributed by atoms with Gasteiger partial charge in [0.1, 0.15) is 12.4 Å². The highest BCUT2D eigenvalue weighted by Gasteiger charge is 2.26. The second-order valence-electron chi connectivity index (χ2n) is 8.56. The second-order valence-corrected chi connectivity index (χ2v) is 8.56. The summed E-state index contributed by atoms with van der Waals surface area (Å²) in [5.74, 6) is 2.22. The molecule has 5 rings (SSSR count). The molecule has 0 atom stereocenters. The van der Waals surface area contributed by atoms with Gasteiger partial charge in [0.2, 0.25) is 5.91 Å². The fourth-order valence-electron chi connectivity index (χ4n) is 4.22. The molecule has 0 bridgehead atoms. The van der Waals surface area contributed by atoms with Crippen LogP contribution in [-0.2, 0) is 18.4 Å². The molecule has 0 N–H and O–H groups in total. The first kappa shape index (κ1) is 23.4. The molecule has 1 aliphatic rings. The van der Waals surface area contributed by atoms with Crippen LogP contribution in [0.3, 0.4) is 0 Å².